The summed E-state index contributed by atoms with van der Waals surface area (Å²) in [5.41, 5.74) is 16.1. The molecule has 8 heterocycles. The van der Waals surface area contributed by atoms with Crippen LogP contribution in [0.15, 0.2) is 201 Å². The van der Waals surface area contributed by atoms with Crippen molar-refractivity contribution in [1.29, 1.82) is 0 Å². The average Bonchev–Trinajstić information content (AvgIpc) is 1.61. The Morgan fingerprint density at radius 2 is 0.686 bits per heavy atom. The van der Waals surface area contributed by atoms with E-state index in [4.69, 9.17) is 33.7 Å². The van der Waals surface area contributed by atoms with E-state index in [1.807, 2.05) is 79.3 Å². The summed E-state index contributed by atoms with van der Waals surface area (Å²) in [7, 11) is 0. The van der Waals surface area contributed by atoms with Crippen LogP contribution in [-0.2, 0) is 43.1 Å². The van der Waals surface area contributed by atoms with Gasteiger partial charge in [-0.15, -0.1) is 0 Å². The molecule has 0 atom stereocenters. The second kappa shape index (κ2) is 34.1. The van der Waals surface area contributed by atoms with Gasteiger partial charge in [-0.1, -0.05) is 48.5 Å². The zero-order chi connectivity index (χ0) is 69.7. The summed E-state index contributed by atoms with van der Waals surface area (Å²) >= 11 is 0. The van der Waals surface area contributed by atoms with Crippen LogP contribution in [0.4, 0.5) is 0 Å². The largest absolute Gasteiger partial charge is 0.494 e. The molecular formula is C83H76N10O9. The van der Waals surface area contributed by atoms with Crippen molar-refractivity contribution in [3.63, 3.8) is 0 Å². The Morgan fingerprint density at radius 3 is 1.04 bits per heavy atom. The molecule has 3 aliphatic rings. The minimum Gasteiger partial charge on any atom is -0.494 e. The van der Waals surface area contributed by atoms with Crippen LogP contribution in [0.25, 0.3) is 90.9 Å². The number of aryl methyl sites for hydroxylation is 3. The lowest BCUT2D eigenvalue weighted by Crippen LogP contribution is -2.19. The molecule has 2 aliphatic heterocycles. The Balaban J connectivity index is 0.840. The van der Waals surface area contributed by atoms with Crippen molar-refractivity contribution in [2.24, 2.45) is 0 Å². The van der Waals surface area contributed by atoms with Gasteiger partial charge in [0.15, 0.2) is 11.6 Å². The van der Waals surface area contributed by atoms with Gasteiger partial charge in [-0.05, 0) is 221 Å². The maximum atomic E-state index is 13.6. The first-order chi connectivity index (χ1) is 50.2. The van der Waals surface area contributed by atoms with Crippen molar-refractivity contribution in [3.05, 3.63) is 246 Å². The lowest BCUT2D eigenvalue weighted by Gasteiger charge is -2.10. The number of ketones is 2. The van der Waals surface area contributed by atoms with Crippen molar-refractivity contribution in [2.75, 3.05) is 33.0 Å². The summed E-state index contributed by atoms with van der Waals surface area (Å²) in [4.78, 5) is 94.7. The van der Waals surface area contributed by atoms with E-state index in [9.17, 15) is 19.2 Å². The highest BCUT2D eigenvalue weighted by molar-refractivity contribution is 6.29. The molecule has 0 radical (unpaired) electrons. The Kier molecular flexibility index (Phi) is 22.9. The first-order valence-corrected chi connectivity index (χ1v) is 34.8. The minimum absolute atomic E-state index is 0.0245. The molecule has 4 aromatic carbocycles. The number of ether oxygens (including phenoxy) is 5. The van der Waals surface area contributed by atoms with Gasteiger partial charge in [0.2, 0.25) is 0 Å². The average molecular weight is 1360 g/mol. The molecule has 10 aromatic rings. The standard InChI is InChI=1S/C83H76N10O9/c94-64-25-40-77(95)68(52-64)83(97)102-51-11-10-50-101-82(96)60-17-15-56(16-18-60)78-69-32-34-71(90-69)79(57-19-26-65(27-20-57)98-47-7-1-4-12-61-53-84-41-44-87-61)73-36-38-75(92-73)81(59-23-30-67(31-24-59)100-49-9-3-6-14-63-55-86-43-46-89-63)76-39-37-74(93-76)80(72-35-33-70(78)91-72)58-21-28-66(29-22-58)99-48-8-2-5-13-62-54-85-42-45-88-62/h15-46,52-55,90,93H,1-14,47-51H2. The van der Waals surface area contributed by atoms with Crippen LogP contribution in [0.3, 0.4) is 0 Å². The summed E-state index contributed by atoms with van der Waals surface area (Å²) in [5, 5.41) is 0. The molecule has 1 aliphatic carbocycles. The number of benzene rings is 4. The smallest absolute Gasteiger partial charge is 0.342 e. The van der Waals surface area contributed by atoms with E-state index in [2.05, 4.69) is 113 Å². The minimum atomic E-state index is -0.870. The first kappa shape index (κ1) is 68.4. The van der Waals surface area contributed by atoms with Crippen LogP contribution < -0.4 is 14.2 Å². The molecule has 0 unspecified atom stereocenters. The molecule has 6 aromatic heterocycles. The highest BCUT2D eigenvalue weighted by atomic mass is 16.5. The van der Waals surface area contributed by atoms with E-state index < -0.39 is 23.5 Å². The number of esters is 2. The predicted molar refractivity (Wildman–Crippen MR) is 394 cm³/mol. The molecule has 2 N–H and O–H groups in total. The third-order valence-corrected chi connectivity index (χ3v) is 17.7. The van der Waals surface area contributed by atoms with Gasteiger partial charge in [0, 0.05) is 106 Å². The van der Waals surface area contributed by atoms with Gasteiger partial charge in [-0.25, -0.2) is 19.6 Å². The number of carbonyl (C=O) groups is 4. The van der Waals surface area contributed by atoms with Gasteiger partial charge >= 0.3 is 11.9 Å². The fourth-order valence-corrected chi connectivity index (χ4v) is 12.4. The third-order valence-electron chi connectivity index (χ3n) is 17.7. The number of carbonyl (C=O) groups excluding carboxylic acids is 4. The maximum Gasteiger partial charge on any atom is 0.342 e. The van der Waals surface area contributed by atoms with Crippen LogP contribution >= 0.6 is 0 Å². The predicted octanol–water partition coefficient (Wildman–Crippen LogP) is 16.2. The maximum absolute atomic E-state index is 13.6. The molecule has 0 amide bonds. The summed E-state index contributed by atoms with van der Waals surface area (Å²) in [5.74, 6) is -0.144. The molecular weight excluding hydrogens is 1280 g/mol. The molecule has 0 saturated heterocycles. The Bertz CT molecular complexity index is 4790. The second-order valence-electron chi connectivity index (χ2n) is 24.9. The van der Waals surface area contributed by atoms with Gasteiger partial charge in [0.25, 0.3) is 0 Å². The van der Waals surface area contributed by atoms with Gasteiger partial charge in [-0.2, -0.15) is 0 Å². The summed E-state index contributed by atoms with van der Waals surface area (Å²) in [6.45, 7) is 1.77. The lowest BCUT2D eigenvalue weighted by atomic mass is 10.0. The van der Waals surface area contributed by atoms with Crippen LogP contribution in [-0.4, -0.2) is 106 Å². The molecule has 512 valence electrons. The zero-order valence-electron chi connectivity index (χ0n) is 56.5. The number of aromatic nitrogens is 10. The van der Waals surface area contributed by atoms with E-state index in [1.165, 1.54) is 0 Å². The fraction of sp³-hybridized carbons (Fsp3) is 0.229. The van der Waals surface area contributed by atoms with E-state index in [1.54, 1.807) is 49.3 Å². The SMILES string of the molecule is O=C1C=CC(=O)C(C(=O)OCCCCOC(=O)c2ccc(-c3c4nc(c(-c5ccc(OCCCCCc6cnccn6)cc5)c5ccc([nH]5)c(-c5ccc(OCCCCCc6cnccn6)cc5)c5nc(c(-c6ccc(OCCCCCc7cnccn7)cc6)c6ccc3[nH]6)C=C5)C=C4)cc2)=C1. The molecule has 19 heteroatoms. The van der Waals surface area contributed by atoms with Crippen molar-refractivity contribution in [3.8, 4) is 61.8 Å². The first-order valence-electron chi connectivity index (χ1n) is 34.8. The topological polar surface area (TPSA) is 249 Å². The Labute approximate surface area is 590 Å². The number of aromatic amines is 2. The molecule has 0 spiro atoms. The van der Waals surface area contributed by atoms with Crippen molar-refractivity contribution >= 4 is 69.9 Å². The normalized spacial score (nSPS) is 12.3. The number of allylic oxidation sites excluding steroid dienone is 3. The van der Waals surface area contributed by atoms with E-state index in [0.717, 1.165) is 213 Å². The number of H-pyrrole nitrogens is 2. The van der Waals surface area contributed by atoms with Crippen molar-refractivity contribution < 1.29 is 42.9 Å². The zero-order valence-corrected chi connectivity index (χ0v) is 56.5. The number of fused-ring (bicyclic) bond motifs is 8. The second-order valence-corrected chi connectivity index (χ2v) is 24.9. The monoisotopic (exact) mass is 1360 g/mol. The van der Waals surface area contributed by atoms with Crippen LogP contribution in [0.2, 0.25) is 0 Å². The summed E-state index contributed by atoms with van der Waals surface area (Å²) in [6.07, 6.45) is 39.1. The summed E-state index contributed by atoms with van der Waals surface area (Å²) < 4.78 is 29.9. The number of hydrogen-bond donors (Lipinski definition) is 2. The van der Waals surface area contributed by atoms with E-state index in [0.29, 0.717) is 43.9 Å². The molecule has 102 heavy (non-hydrogen) atoms. The summed E-state index contributed by atoms with van der Waals surface area (Å²) in [6, 6.07) is 40.2. The lowest BCUT2D eigenvalue weighted by molar-refractivity contribution is -0.140. The molecule has 8 bridgehead atoms. The Hall–Kier alpha value is -12.1. The van der Waals surface area contributed by atoms with Crippen LogP contribution in [0.5, 0.6) is 17.2 Å². The van der Waals surface area contributed by atoms with Gasteiger partial charge in [0.1, 0.15) is 22.8 Å². The van der Waals surface area contributed by atoms with E-state index in [-0.39, 0.29) is 18.8 Å². The number of unbranched alkanes of at least 4 members (excludes halogenated alkanes) is 7. The number of nitrogens with zero attached hydrogens (tertiary/aromatic N) is 8. The van der Waals surface area contributed by atoms with Crippen molar-refractivity contribution in [2.45, 2.75) is 89.9 Å². The van der Waals surface area contributed by atoms with Crippen LogP contribution in [0, 0.1) is 0 Å². The highest BCUT2D eigenvalue weighted by Crippen LogP contribution is 2.40. The number of hydrogen-bond acceptors (Lipinski definition) is 17. The van der Waals surface area contributed by atoms with Gasteiger partial charge < -0.3 is 33.7 Å². The fourth-order valence-electron chi connectivity index (χ4n) is 12.4. The third kappa shape index (κ3) is 17.8. The Morgan fingerprint density at radius 1 is 0.343 bits per heavy atom. The molecule has 13 rings (SSSR count). The molecule has 19 nitrogen and oxygen atoms in total. The van der Waals surface area contributed by atoms with Gasteiger partial charge in [-0.3, -0.25) is 39.5 Å². The number of rotatable bonds is 32. The quantitative estimate of drug-likeness (QED) is 0.0172. The van der Waals surface area contributed by atoms with E-state index >= 15 is 0 Å². The van der Waals surface area contributed by atoms with Crippen LogP contribution in [0.1, 0.15) is 121 Å². The molecule has 0 saturated carbocycles. The number of nitrogens with one attached hydrogen (secondary N) is 2. The van der Waals surface area contributed by atoms with Crippen molar-refractivity contribution in [1.82, 2.24) is 49.8 Å². The molecule has 0 fully saturated rings. The highest BCUT2D eigenvalue weighted by Gasteiger charge is 2.23. The van der Waals surface area contributed by atoms with Gasteiger partial charge in [0.05, 0.1) is 78.5 Å².